The number of carbonyl (C=O) groups excluding carboxylic acids is 1. The van der Waals surface area contributed by atoms with Gasteiger partial charge in [0.25, 0.3) is 0 Å². The molecule has 0 aliphatic carbocycles. The number of nitrogens with one attached hydrogen (secondary N) is 1. The summed E-state index contributed by atoms with van der Waals surface area (Å²) < 4.78 is 0. The molecule has 0 unspecified atom stereocenters. The van der Waals surface area contributed by atoms with Crippen molar-refractivity contribution in [3.8, 4) is 0 Å². The molecule has 0 heterocycles. The van der Waals surface area contributed by atoms with Crippen LogP contribution in [0.1, 0.15) is 12.8 Å². The predicted molar refractivity (Wildman–Crippen MR) is 72.1 cm³/mol. The number of carbonyl (C=O) groups is 1. The lowest BCUT2D eigenvalue weighted by molar-refractivity contribution is -0.116. The van der Waals surface area contributed by atoms with Crippen molar-refractivity contribution in [2.75, 3.05) is 23.1 Å². The van der Waals surface area contributed by atoms with Gasteiger partial charge in [-0.15, -0.1) is 0 Å². The first kappa shape index (κ1) is 13.2. The van der Waals surface area contributed by atoms with E-state index in [1.807, 2.05) is 6.26 Å². The van der Waals surface area contributed by atoms with Crippen LogP contribution in [-0.4, -0.2) is 17.9 Å². The van der Waals surface area contributed by atoms with Gasteiger partial charge < -0.3 is 11.1 Å². The van der Waals surface area contributed by atoms with Gasteiger partial charge in [-0.05, 0) is 36.6 Å². The summed E-state index contributed by atoms with van der Waals surface area (Å²) in [6.45, 7) is 0. The maximum Gasteiger partial charge on any atom is 0.224 e. The maximum atomic E-state index is 11.5. The number of thioether (sulfide) groups is 1. The summed E-state index contributed by atoms with van der Waals surface area (Å²) in [5, 5.41) is 3.23. The van der Waals surface area contributed by atoms with Gasteiger partial charge in [0.15, 0.2) is 0 Å². The molecule has 0 fully saturated rings. The van der Waals surface area contributed by atoms with Gasteiger partial charge in [0.2, 0.25) is 5.91 Å². The molecule has 3 N–H and O–H groups in total. The molecule has 0 aromatic heterocycles. The average Bonchev–Trinajstić information content (AvgIpc) is 2.23. The lowest BCUT2D eigenvalue weighted by atomic mass is 10.2. The van der Waals surface area contributed by atoms with E-state index < -0.39 is 0 Å². The Morgan fingerprint density at radius 3 is 2.94 bits per heavy atom. The van der Waals surface area contributed by atoms with Crippen molar-refractivity contribution in [3.05, 3.63) is 23.2 Å². The van der Waals surface area contributed by atoms with Gasteiger partial charge in [-0.2, -0.15) is 11.8 Å². The van der Waals surface area contributed by atoms with Crippen LogP contribution in [0.5, 0.6) is 0 Å². The minimum atomic E-state index is -0.0132. The lowest BCUT2D eigenvalue weighted by Crippen LogP contribution is -2.11. The Morgan fingerprint density at radius 2 is 2.31 bits per heavy atom. The van der Waals surface area contributed by atoms with Crippen molar-refractivity contribution in [3.63, 3.8) is 0 Å². The Hall–Kier alpha value is -0.870. The van der Waals surface area contributed by atoms with Crippen LogP contribution in [0.3, 0.4) is 0 Å². The summed E-state index contributed by atoms with van der Waals surface area (Å²) in [5.41, 5.74) is 6.76. The van der Waals surface area contributed by atoms with E-state index >= 15 is 0 Å². The lowest BCUT2D eigenvalue weighted by Gasteiger charge is -2.07. The van der Waals surface area contributed by atoms with Crippen molar-refractivity contribution in [1.29, 1.82) is 0 Å². The molecule has 1 aromatic carbocycles. The molecule has 0 saturated carbocycles. The Morgan fingerprint density at radius 1 is 1.56 bits per heavy atom. The molecule has 0 radical (unpaired) electrons. The first-order valence-corrected chi connectivity index (χ1v) is 6.74. The van der Waals surface area contributed by atoms with Crippen LogP contribution in [0.4, 0.5) is 11.4 Å². The van der Waals surface area contributed by atoms with E-state index in [0.717, 1.165) is 12.2 Å². The zero-order chi connectivity index (χ0) is 12.0. The molecular formula is C11H15ClN2OS. The van der Waals surface area contributed by atoms with E-state index in [2.05, 4.69) is 5.32 Å². The Labute approximate surface area is 105 Å². The Bertz CT molecular complexity index is 371. The first-order chi connectivity index (χ1) is 7.63. The van der Waals surface area contributed by atoms with E-state index in [1.54, 1.807) is 30.0 Å². The summed E-state index contributed by atoms with van der Waals surface area (Å²) in [6.07, 6.45) is 3.41. The second-order valence-electron chi connectivity index (χ2n) is 3.38. The number of rotatable bonds is 5. The number of benzene rings is 1. The van der Waals surface area contributed by atoms with Crippen LogP contribution < -0.4 is 11.1 Å². The number of hydrogen-bond donors (Lipinski definition) is 2. The van der Waals surface area contributed by atoms with E-state index in [0.29, 0.717) is 22.8 Å². The molecule has 0 saturated heterocycles. The summed E-state index contributed by atoms with van der Waals surface area (Å²) in [5.74, 6) is 0.976. The predicted octanol–water partition coefficient (Wildman–Crippen LogP) is 3.00. The zero-order valence-corrected chi connectivity index (χ0v) is 10.7. The van der Waals surface area contributed by atoms with Crippen LogP contribution in [0, 0.1) is 0 Å². The molecule has 1 aromatic rings. The molecule has 0 bridgehead atoms. The molecule has 1 amide bonds. The monoisotopic (exact) mass is 258 g/mol. The third kappa shape index (κ3) is 4.33. The number of nitrogen functional groups attached to an aromatic ring is 1. The van der Waals surface area contributed by atoms with Gasteiger partial charge in [-0.25, -0.2) is 0 Å². The number of halogens is 1. The maximum absolute atomic E-state index is 11.5. The molecule has 0 spiro atoms. The quantitative estimate of drug-likeness (QED) is 0.631. The molecule has 3 nitrogen and oxygen atoms in total. The van der Waals surface area contributed by atoms with Crippen LogP contribution >= 0.6 is 23.4 Å². The van der Waals surface area contributed by atoms with Crippen molar-refractivity contribution < 1.29 is 4.79 Å². The molecule has 5 heteroatoms. The number of anilines is 2. The Balaban J connectivity index is 2.49. The highest BCUT2D eigenvalue weighted by Crippen LogP contribution is 2.24. The molecule has 16 heavy (non-hydrogen) atoms. The number of hydrogen-bond acceptors (Lipinski definition) is 3. The molecule has 0 atom stereocenters. The molecule has 88 valence electrons. The highest BCUT2D eigenvalue weighted by atomic mass is 35.5. The van der Waals surface area contributed by atoms with Crippen LogP contribution in [-0.2, 0) is 4.79 Å². The van der Waals surface area contributed by atoms with E-state index in [1.165, 1.54) is 0 Å². The van der Waals surface area contributed by atoms with Crippen molar-refractivity contribution in [2.45, 2.75) is 12.8 Å². The minimum absolute atomic E-state index is 0.0132. The normalized spacial score (nSPS) is 10.1. The number of amides is 1. The summed E-state index contributed by atoms with van der Waals surface area (Å²) in [7, 11) is 0. The second kappa shape index (κ2) is 6.66. The topological polar surface area (TPSA) is 55.1 Å². The van der Waals surface area contributed by atoms with Crippen LogP contribution in [0.15, 0.2) is 18.2 Å². The van der Waals surface area contributed by atoms with Gasteiger partial charge in [0, 0.05) is 12.1 Å². The Kier molecular flexibility index (Phi) is 5.49. The fraction of sp³-hybridized carbons (Fsp3) is 0.364. The largest absolute Gasteiger partial charge is 0.399 e. The fourth-order valence-corrected chi connectivity index (χ4v) is 1.89. The van der Waals surface area contributed by atoms with Gasteiger partial charge in [0.1, 0.15) is 0 Å². The highest BCUT2D eigenvalue weighted by Gasteiger charge is 2.05. The average molecular weight is 259 g/mol. The van der Waals surface area contributed by atoms with Gasteiger partial charge in [-0.3, -0.25) is 4.79 Å². The van der Waals surface area contributed by atoms with E-state index in [-0.39, 0.29) is 5.91 Å². The molecule has 1 rings (SSSR count). The van der Waals surface area contributed by atoms with Crippen LogP contribution in [0.25, 0.3) is 0 Å². The fourth-order valence-electron chi connectivity index (χ4n) is 1.22. The standard InChI is InChI=1S/C11H15ClN2OS/c1-16-6-2-3-11(15)14-10-5-4-8(13)7-9(10)12/h4-5,7H,2-3,6,13H2,1H3,(H,14,15). The summed E-state index contributed by atoms with van der Waals surface area (Å²) >= 11 is 7.67. The van der Waals surface area contributed by atoms with E-state index in [9.17, 15) is 4.79 Å². The van der Waals surface area contributed by atoms with Gasteiger partial charge >= 0.3 is 0 Å². The third-order valence-electron chi connectivity index (χ3n) is 2.02. The zero-order valence-electron chi connectivity index (χ0n) is 9.13. The minimum Gasteiger partial charge on any atom is -0.399 e. The van der Waals surface area contributed by atoms with E-state index in [4.69, 9.17) is 17.3 Å². The molecule has 0 aliphatic heterocycles. The summed E-state index contributed by atoms with van der Waals surface area (Å²) in [6, 6.07) is 5.05. The summed E-state index contributed by atoms with van der Waals surface area (Å²) in [4.78, 5) is 11.5. The van der Waals surface area contributed by atoms with Gasteiger partial charge in [-0.1, -0.05) is 11.6 Å². The van der Waals surface area contributed by atoms with Crippen molar-refractivity contribution in [2.24, 2.45) is 0 Å². The van der Waals surface area contributed by atoms with Crippen molar-refractivity contribution in [1.82, 2.24) is 0 Å². The molecular weight excluding hydrogens is 244 g/mol. The number of nitrogens with two attached hydrogens (primary N) is 1. The third-order valence-corrected chi connectivity index (χ3v) is 3.03. The van der Waals surface area contributed by atoms with Gasteiger partial charge in [0.05, 0.1) is 10.7 Å². The second-order valence-corrected chi connectivity index (χ2v) is 4.78. The SMILES string of the molecule is CSCCCC(=O)Nc1ccc(N)cc1Cl. The van der Waals surface area contributed by atoms with Crippen LogP contribution in [0.2, 0.25) is 5.02 Å². The smallest absolute Gasteiger partial charge is 0.224 e. The highest BCUT2D eigenvalue weighted by molar-refractivity contribution is 7.98. The molecule has 0 aliphatic rings. The van der Waals surface area contributed by atoms with Crippen molar-refractivity contribution >= 4 is 40.6 Å². The first-order valence-electron chi connectivity index (χ1n) is 4.97.